The first-order valence-electron chi connectivity index (χ1n) is 7.32. The molecule has 3 heterocycles. The normalized spacial score (nSPS) is 16.2. The van der Waals surface area contributed by atoms with E-state index in [2.05, 4.69) is 37.3 Å². The van der Waals surface area contributed by atoms with E-state index in [0.717, 1.165) is 24.1 Å². The van der Waals surface area contributed by atoms with Gasteiger partial charge in [-0.1, -0.05) is 12.5 Å². The summed E-state index contributed by atoms with van der Waals surface area (Å²) in [5, 5.41) is 7.21. The summed E-state index contributed by atoms with van der Waals surface area (Å²) < 4.78 is 0. The van der Waals surface area contributed by atoms with Gasteiger partial charge in [-0.05, 0) is 30.5 Å². The van der Waals surface area contributed by atoms with Crippen LogP contribution in [0.4, 0.5) is 5.95 Å². The maximum absolute atomic E-state index is 5.51. The molecule has 3 N–H and O–H groups in total. The summed E-state index contributed by atoms with van der Waals surface area (Å²) in [4.78, 5) is 12.6. The Morgan fingerprint density at radius 3 is 2.36 bits per heavy atom. The van der Waals surface area contributed by atoms with Crippen molar-refractivity contribution in [2.24, 2.45) is 0 Å². The van der Waals surface area contributed by atoms with E-state index < -0.39 is 0 Å². The van der Waals surface area contributed by atoms with E-state index in [4.69, 9.17) is 5.73 Å². The molecule has 1 aliphatic carbocycles. The van der Waals surface area contributed by atoms with Gasteiger partial charge >= 0.3 is 0 Å². The number of H-pyrrole nitrogens is 1. The van der Waals surface area contributed by atoms with Crippen molar-refractivity contribution in [3.05, 3.63) is 54.2 Å². The third kappa shape index (κ3) is 1.95. The van der Waals surface area contributed by atoms with Crippen LogP contribution in [-0.4, -0.2) is 25.1 Å². The lowest BCUT2D eigenvalue weighted by molar-refractivity contribution is 0.292. The van der Waals surface area contributed by atoms with Gasteiger partial charge in [-0.2, -0.15) is 5.10 Å². The van der Waals surface area contributed by atoms with Crippen molar-refractivity contribution in [1.29, 1.82) is 0 Å². The number of rotatable bonds is 3. The summed E-state index contributed by atoms with van der Waals surface area (Å²) >= 11 is 0. The number of nitrogens with zero attached hydrogens (tertiary/aromatic N) is 4. The molecule has 6 nitrogen and oxygen atoms in total. The van der Waals surface area contributed by atoms with Crippen molar-refractivity contribution in [1.82, 2.24) is 25.1 Å². The molecule has 0 spiro atoms. The highest BCUT2D eigenvalue weighted by molar-refractivity contribution is 5.57. The van der Waals surface area contributed by atoms with E-state index in [-0.39, 0.29) is 11.4 Å². The average molecular weight is 292 g/mol. The zero-order valence-corrected chi connectivity index (χ0v) is 12.0. The largest absolute Gasteiger partial charge is 0.368 e. The Hall–Kier alpha value is -2.76. The molecule has 1 saturated carbocycles. The summed E-state index contributed by atoms with van der Waals surface area (Å²) in [5.74, 6) is 0.271. The topological polar surface area (TPSA) is 93.4 Å². The monoisotopic (exact) mass is 292 g/mol. The van der Waals surface area contributed by atoms with Crippen LogP contribution in [0.15, 0.2) is 43.0 Å². The van der Waals surface area contributed by atoms with Gasteiger partial charge in [-0.15, -0.1) is 0 Å². The maximum atomic E-state index is 5.51. The van der Waals surface area contributed by atoms with Gasteiger partial charge in [0.2, 0.25) is 5.95 Å². The van der Waals surface area contributed by atoms with Crippen molar-refractivity contribution in [3.8, 4) is 11.3 Å². The Labute approximate surface area is 127 Å². The van der Waals surface area contributed by atoms with Crippen molar-refractivity contribution >= 4 is 5.95 Å². The zero-order valence-electron chi connectivity index (χ0n) is 12.0. The second-order valence-electron chi connectivity index (χ2n) is 5.67. The van der Waals surface area contributed by atoms with Gasteiger partial charge in [0.25, 0.3) is 0 Å². The number of nitrogens with two attached hydrogens (primary N) is 1. The smallest absolute Gasteiger partial charge is 0.219 e. The molecule has 110 valence electrons. The van der Waals surface area contributed by atoms with Crippen molar-refractivity contribution < 1.29 is 0 Å². The van der Waals surface area contributed by atoms with Gasteiger partial charge in [0.15, 0.2) is 0 Å². The summed E-state index contributed by atoms with van der Waals surface area (Å²) in [6, 6.07) is 6.21. The highest BCUT2D eigenvalue weighted by atomic mass is 15.1. The molecule has 6 heteroatoms. The molecular weight excluding hydrogens is 276 g/mol. The van der Waals surface area contributed by atoms with E-state index in [1.807, 2.05) is 18.5 Å². The Kier molecular flexibility index (Phi) is 2.89. The molecule has 0 aromatic carbocycles. The van der Waals surface area contributed by atoms with Crippen LogP contribution in [0.2, 0.25) is 0 Å². The molecule has 0 radical (unpaired) electrons. The minimum absolute atomic E-state index is 0.0413. The molecule has 4 rings (SSSR count). The third-order valence-electron chi connectivity index (χ3n) is 4.51. The number of nitrogen functional groups attached to an aromatic ring is 1. The number of pyridine rings is 1. The number of anilines is 1. The third-order valence-corrected chi connectivity index (χ3v) is 4.51. The Bertz CT molecular complexity index is 757. The van der Waals surface area contributed by atoms with Crippen molar-refractivity contribution in [3.63, 3.8) is 0 Å². The second-order valence-corrected chi connectivity index (χ2v) is 5.67. The van der Waals surface area contributed by atoms with Crippen LogP contribution < -0.4 is 5.73 Å². The first-order valence-corrected chi connectivity index (χ1v) is 7.32. The van der Waals surface area contributed by atoms with Crippen LogP contribution in [0.3, 0.4) is 0 Å². The second kappa shape index (κ2) is 4.91. The molecular formula is C16H16N6. The number of hydrogen-bond donors (Lipinski definition) is 2. The summed E-state index contributed by atoms with van der Waals surface area (Å²) in [6.07, 6.45) is 10.6. The average Bonchev–Trinajstić information content (AvgIpc) is 3.02. The predicted molar refractivity (Wildman–Crippen MR) is 82.9 cm³/mol. The first-order chi connectivity index (χ1) is 10.8. The molecule has 3 aromatic rings. The first kappa shape index (κ1) is 12.9. The van der Waals surface area contributed by atoms with Gasteiger partial charge in [-0.25, -0.2) is 9.97 Å². The molecule has 22 heavy (non-hydrogen) atoms. The van der Waals surface area contributed by atoms with Crippen molar-refractivity contribution in [2.45, 2.75) is 24.7 Å². The lowest BCUT2D eigenvalue weighted by Crippen LogP contribution is -2.36. The van der Waals surface area contributed by atoms with Gasteiger partial charge < -0.3 is 5.73 Å². The van der Waals surface area contributed by atoms with E-state index in [0.29, 0.717) is 0 Å². The fourth-order valence-corrected chi connectivity index (χ4v) is 3.08. The summed E-state index contributed by atoms with van der Waals surface area (Å²) in [7, 11) is 0. The Morgan fingerprint density at radius 1 is 1.00 bits per heavy atom. The standard InChI is InChI=1S/C16H16N6/c17-15-19-8-11(9-20-15)13-3-2-12(10-18-13)16(5-1-6-16)14-4-7-21-22-14/h2-4,7-10H,1,5-6H2,(H,21,22)(H2,17,19,20). The van der Waals surface area contributed by atoms with Crippen LogP contribution >= 0.6 is 0 Å². The van der Waals surface area contributed by atoms with Crippen LogP contribution in [0.25, 0.3) is 11.3 Å². The van der Waals surface area contributed by atoms with Gasteiger partial charge in [0.1, 0.15) is 0 Å². The molecule has 0 amide bonds. The number of hydrogen-bond acceptors (Lipinski definition) is 5. The van der Waals surface area contributed by atoms with Gasteiger partial charge in [0.05, 0.1) is 5.69 Å². The van der Waals surface area contributed by atoms with E-state index in [9.17, 15) is 0 Å². The molecule has 0 unspecified atom stereocenters. The van der Waals surface area contributed by atoms with Gasteiger partial charge in [0, 0.05) is 41.5 Å². The minimum Gasteiger partial charge on any atom is -0.368 e. The fourth-order valence-electron chi connectivity index (χ4n) is 3.08. The quantitative estimate of drug-likeness (QED) is 0.772. The lowest BCUT2D eigenvalue weighted by atomic mass is 9.63. The van der Waals surface area contributed by atoms with Crippen molar-refractivity contribution in [2.75, 3.05) is 5.73 Å². The zero-order chi connectivity index (χ0) is 15.0. The van der Waals surface area contributed by atoms with Crippen LogP contribution in [-0.2, 0) is 5.41 Å². The molecule has 1 fully saturated rings. The van der Waals surface area contributed by atoms with Crippen LogP contribution in [0, 0.1) is 0 Å². The minimum atomic E-state index is 0.0413. The molecule has 1 aliphatic rings. The number of aromatic nitrogens is 5. The summed E-state index contributed by atoms with van der Waals surface area (Å²) in [6.45, 7) is 0. The van der Waals surface area contributed by atoms with Crippen LogP contribution in [0.1, 0.15) is 30.5 Å². The Morgan fingerprint density at radius 2 is 1.82 bits per heavy atom. The highest BCUT2D eigenvalue weighted by Crippen LogP contribution is 2.48. The van der Waals surface area contributed by atoms with Gasteiger partial charge in [-0.3, -0.25) is 10.1 Å². The fraction of sp³-hybridized carbons (Fsp3) is 0.250. The summed E-state index contributed by atoms with van der Waals surface area (Å²) in [5.41, 5.74) is 9.67. The molecule has 0 bridgehead atoms. The highest BCUT2D eigenvalue weighted by Gasteiger charge is 2.41. The lowest BCUT2D eigenvalue weighted by Gasteiger charge is -2.41. The van der Waals surface area contributed by atoms with E-state index >= 15 is 0 Å². The van der Waals surface area contributed by atoms with E-state index in [1.54, 1.807) is 12.4 Å². The molecule has 0 aliphatic heterocycles. The van der Waals surface area contributed by atoms with Crippen LogP contribution in [0.5, 0.6) is 0 Å². The number of aromatic amines is 1. The maximum Gasteiger partial charge on any atom is 0.219 e. The SMILES string of the molecule is Nc1ncc(-c2ccc(C3(c4ccn[nH]4)CCC3)cn2)cn1. The predicted octanol–water partition coefficient (Wildman–Crippen LogP) is 2.31. The number of nitrogens with one attached hydrogen (secondary N) is 1. The Balaban J connectivity index is 1.68. The molecule has 0 saturated heterocycles. The molecule has 3 aromatic heterocycles. The molecule has 0 atom stereocenters. The van der Waals surface area contributed by atoms with E-state index in [1.165, 1.54) is 17.7 Å².